The maximum Gasteiger partial charge on any atom is 0.334 e. The van der Waals surface area contributed by atoms with Gasteiger partial charge in [-0.15, -0.1) is 11.8 Å². The molecule has 0 radical (unpaired) electrons. The summed E-state index contributed by atoms with van der Waals surface area (Å²) in [5.41, 5.74) is 0.863. The Bertz CT molecular complexity index is 770. The summed E-state index contributed by atoms with van der Waals surface area (Å²) in [5, 5.41) is -0.538. The Hall–Kier alpha value is -2.12. The molecule has 0 aromatic rings. The zero-order chi connectivity index (χ0) is 20.0. The number of nitrogens with zero attached hydrogens (tertiary/aromatic N) is 2. The highest BCUT2D eigenvalue weighted by Crippen LogP contribution is 2.26. The number of thioether (sulfide) groups is 1. The first-order valence-electron chi connectivity index (χ1n) is 8.55. The Morgan fingerprint density at radius 1 is 1.22 bits per heavy atom. The Morgan fingerprint density at radius 3 is 2.63 bits per heavy atom. The Kier molecular flexibility index (Phi) is 7.62. The molecule has 1 heterocycles. The second kappa shape index (κ2) is 9.71. The van der Waals surface area contributed by atoms with E-state index < -0.39 is 29.6 Å². The molecule has 0 aromatic carbocycles. The van der Waals surface area contributed by atoms with Crippen molar-refractivity contribution in [2.75, 3.05) is 13.1 Å². The number of ketones is 1. The van der Waals surface area contributed by atoms with Crippen molar-refractivity contribution in [2.24, 2.45) is 0 Å². The van der Waals surface area contributed by atoms with Crippen LogP contribution in [-0.2, 0) is 14.4 Å². The fraction of sp³-hybridized carbons (Fsp3) is 0.368. The molecule has 0 saturated carbocycles. The van der Waals surface area contributed by atoms with Crippen molar-refractivity contribution in [1.82, 2.24) is 9.80 Å². The summed E-state index contributed by atoms with van der Waals surface area (Å²) in [6.45, 7) is 2.99. The van der Waals surface area contributed by atoms with Crippen molar-refractivity contribution in [3.05, 3.63) is 46.4 Å². The molecule has 4 amide bonds. The third kappa shape index (κ3) is 5.43. The van der Waals surface area contributed by atoms with Crippen LogP contribution < -0.4 is 0 Å². The number of carbonyl (C=O) groups is 4. The summed E-state index contributed by atoms with van der Waals surface area (Å²) in [4.78, 5) is 50.9. The van der Waals surface area contributed by atoms with Gasteiger partial charge in [0.1, 0.15) is 0 Å². The van der Waals surface area contributed by atoms with E-state index in [0.29, 0.717) is 15.7 Å². The molecule has 8 heteroatoms. The number of Topliss-reactive ketones (excluding diaryl/α,β-unsaturated/α-hetero) is 1. The first-order valence-corrected chi connectivity index (χ1v) is 9.80. The van der Waals surface area contributed by atoms with Gasteiger partial charge in [0.15, 0.2) is 5.78 Å². The number of urea groups is 1. The van der Waals surface area contributed by atoms with Crippen LogP contribution in [0.4, 0.5) is 4.79 Å². The quantitative estimate of drug-likeness (QED) is 0.476. The van der Waals surface area contributed by atoms with Crippen molar-refractivity contribution < 1.29 is 19.2 Å². The number of hydrogen-bond donors (Lipinski definition) is 0. The molecule has 1 saturated heterocycles. The van der Waals surface area contributed by atoms with Gasteiger partial charge in [-0.1, -0.05) is 48.1 Å². The highest BCUT2D eigenvalue weighted by atomic mass is 35.5. The van der Waals surface area contributed by atoms with Crippen LogP contribution in [0.5, 0.6) is 0 Å². The predicted octanol–water partition coefficient (Wildman–Crippen LogP) is 3.40. The largest absolute Gasteiger partial charge is 0.334 e. The van der Waals surface area contributed by atoms with Gasteiger partial charge in [0.05, 0.1) is 22.7 Å². The monoisotopic (exact) mass is 408 g/mol. The highest BCUT2D eigenvalue weighted by Gasteiger charge is 2.45. The molecule has 144 valence electrons. The van der Waals surface area contributed by atoms with Crippen LogP contribution in [0.15, 0.2) is 46.4 Å². The second-order valence-electron chi connectivity index (χ2n) is 6.06. The molecule has 6 nitrogen and oxygen atoms in total. The molecule has 0 bridgehead atoms. The number of rotatable bonds is 7. The van der Waals surface area contributed by atoms with E-state index in [1.807, 2.05) is 30.4 Å². The summed E-state index contributed by atoms with van der Waals surface area (Å²) in [5.74, 6) is -2.22. The normalized spacial score (nSPS) is 23.6. The number of imide groups is 2. The summed E-state index contributed by atoms with van der Waals surface area (Å²) in [7, 11) is 0. The van der Waals surface area contributed by atoms with Gasteiger partial charge in [0, 0.05) is 0 Å². The van der Waals surface area contributed by atoms with E-state index in [4.69, 9.17) is 11.6 Å². The van der Waals surface area contributed by atoms with E-state index in [0.717, 1.165) is 28.7 Å². The molecule has 27 heavy (non-hydrogen) atoms. The van der Waals surface area contributed by atoms with E-state index in [1.165, 1.54) is 0 Å². The molecule has 1 atom stereocenters. The Balaban J connectivity index is 2.06. The van der Waals surface area contributed by atoms with Gasteiger partial charge in [-0.25, -0.2) is 9.69 Å². The average Bonchev–Trinajstić information content (AvgIpc) is 2.81. The van der Waals surface area contributed by atoms with E-state index >= 15 is 0 Å². The van der Waals surface area contributed by atoms with Crippen LogP contribution in [0.1, 0.15) is 26.7 Å². The topological polar surface area (TPSA) is 74.8 Å². The fourth-order valence-electron chi connectivity index (χ4n) is 2.53. The molecule has 2 aliphatic rings. The standard InChI is InChI=1S/C19H21ClN2O4S/c1-3-16(20)27-13(2)15(23)12-22-18(25)17(24)21(19(22)26)11-14-9-7-5-4-6-8-10-14/h3-7,9,13H,8,10-12H2,1-2H3/b6-4-,7-5-,14-9+,16-3-. The molecular weight excluding hydrogens is 388 g/mol. The first-order chi connectivity index (χ1) is 12.8. The molecular formula is C19H21ClN2O4S. The number of hydrogen-bond acceptors (Lipinski definition) is 5. The fourth-order valence-corrected chi connectivity index (χ4v) is 3.61. The average molecular weight is 409 g/mol. The van der Waals surface area contributed by atoms with E-state index in [-0.39, 0.29) is 12.3 Å². The van der Waals surface area contributed by atoms with Crippen molar-refractivity contribution in [3.63, 3.8) is 0 Å². The lowest BCUT2D eigenvalue weighted by atomic mass is 10.1. The lowest BCUT2D eigenvalue weighted by molar-refractivity contribution is -0.143. The van der Waals surface area contributed by atoms with Crippen LogP contribution in [-0.4, -0.2) is 51.8 Å². The zero-order valence-electron chi connectivity index (χ0n) is 15.2. The highest BCUT2D eigenvalue weighted by molar-refractivity contribution is 8.05. The van der Waals surface area contributed by atoms with Gasteiger partial charge in [-0.3, -0.25) is 19.3 Å². The van der Waals surface area contributed by atoms with Crippen molar-refractivity contribution in [2.45, 2.75) is 31.9 Å². The van der Waals surface area contributed by atoms with Crippen molar-refractivity contribution in [1.29, 1.82) is 0 Å². The minimum absolute atomic E-state index is 0.0426. The van der Waals surface area contributed by atoms with Crippen molar-refractivity contribution >= 4 is 47.0 Å². The van der Waals surface area contributed by atoms with Gasteiger partial charge in [-0.2, -0.15) is 0 Å². The molecule has 0 spiro atoms. The molecule has 2 rings (SSSR count). The predicted molar refractivity (Wildman–Crippen MR) is 106 cm³/mol. The third-order valence-corrected chi connectivity index (χ3v) is 5.67. The van der Waals surface area contributed by atoms with Gasteiger partial charge in [-0.05, 0) is 32.3 Å². The number of halogens is 1. The Labute approximate surface area is 167 Å². The molecule has 0 aromatic heterocycles. The Morgan fingerprint density at radius 2 is 1.93 bits per heavy atom. The van der Waals surface area contributed by atoms with Crippen LogP contribution >= 0.6 is 23.4 Å². The van der Waals surface area contributed by atoms with Crippen LogP contribution in [0.25, 0.3) is 0 Å². The first kappa shape index (κ1) is 21.2. The van der Waals surface area contributed by atoms with Crippen LogP contribution in [0, 0.1) is 0 Å². The lowest BCUT2D eigenvalue weighted by Gasteiger charge is -2.18. The summed E-state index contributed by atoms with van der Waals surface area (Å²) < 4.78 is 0.450. The van der Waals surface area contributed by atoms with Crippen molar-refractivity contribution in [3.8, 4) is 0 Å². The van der Waals surface area contributed by atoms with Gasteiger partial charge in [0.2, 0.25) is 0 Å². The smallest absolute Gasteiger partial charge is 0.296 e. The van der Waals surface area contributed by atoms with E-state index in [1.54, 1.807) is 19.9 Å². The van der Waals surface area contributed by atoms with Gasteiger partial charge >= 0.3 is 17.8 Å². The summed E-state index contributed by atoms with van der Waals surface area (Å²) in [6.07, 6.45) is 12.5. The number of carbonyl (C=O) groups excluding carboxylic acids is 4. The molecule has 1 aliphatic heterocycles. The minimum atomic E-state index is -0.968. The third-order valence-electron chi connectivity index (χ3n) is 4.10. The van der Waals surface area contributed by atoms with Crippen LogP contribution in [0.3, 0.4) is 0 Å². The zero-order valence-corrected chi connectivity index (χ0v) is 16.8. The maximum atomic E-state index is 12.5. The molecule has 1 aliphatic carbocycles. The second-order valence-corrected chi connectivity index (χ2v) is 8.07. The maximum absolute atomic E-state index is 12.5. The SMILES string of the molecule is C/C=C(/Cl)SC(C)C(=O)CN1C(=O)C(=O)N(C/C2=C/C=C\C=C/CC2)C1=O. The van der Waals surface area contributed by atoms with Crippen LogP contribution in [0.2, 0.25) is 0 Å². The molecule has 1 unspecified atom stereocenters. The van der Waals surface area contributed by atoms with E-state index in [9.17, 15) is 19.2 Å². The van der Waals surface area contributed by atoms with E-state index in [2.05, 4.69) is 0 Å². The van der Waals surface area contributed by atoms with Gasteiger partial charge < -0.3 is 0 Å². The molecule has 0 N–H and O–H groups in total. The summed E-state index contributed by atoms with van der Waals surface area (Å²) in [6, 6.07) is -0.754. The lowest BCUT2D eigenvalue weighted by Crippen LogP contribution is -2.39. The minimum Gasteiger partial charge on any atom is -0.296 e. The number of allylic oxidation sites excluding steroid dienone is 6. The number of amides is 4. The van der Waals surface area contributed by atoms with Gasteiger partial charge in [0.25, 0.3) is 0 Å². The molecule has 1 fully saturated rings. The summed E-state index contributed by atoms with van der Waals surface area (Å²) >= 11 is 7.04.